The van der Waals surface area contributed by atoms with Crippen LogP contribution >= 0.6 is 0 Å². The fraction of sp³-hybridized carbons (Fsp3) is 0.455. The minimum atomic E-state index is -0.400. The van der Waals surface area contributed by atoms with Gasteiger partial charge in [-0.1, -0.05) is 0 Å². The summed E-state index contributed by atoms with van der Waals surface area (Å²) >= 11 is 0. The van der Waals surface area contributed by atoms with Crippen molar-refractivity contribution in [3.63, 3.8) is 0 Å². The minimum Gasteiger partial charge on any atom is -0.493 e. The maximum Gasteiger partial charge on any atom is 0.123 e. The van der Waals surface area contributed by atoms with E-state index in [0.717, 1.165) is 5.56 Å². The van der Waals surface area contributed by atoms with Crippen LogP contribution in [0.5, 0.6) is 5.75 Å². The molecule has 0 aliphatic carbocycles. The van der Waals surface area contributed by atoms with E-state index in [2.05, 4.69) is 5.32 Å². The summed E-state index contributed by atoms with van der Waals surface area (Å²) < 4.78 is 30.1. The molecule has 0 aliphatic rings. The maximum atomic E-state index is 12.9. The molecule has 15 heavy (non-hydrogen) atoms. The van der Waals surface area contributed by atoms with Crippen molar-refractivity contribution in [2.24, 2.45) is 0 Å². The first-order valence-electron chi connectivity index (χ1n) is 4.89. The van der Waals surface area contributed by atoms with Crippen LogP contribution in [-0.4, -0.2) is 20.3 Å². The Morgan fingerprint density at radius 2 is 2.20 bits per heavy atom. The molecule has 0 heterocycles. The summed E-state index contributed by atoms with van der Waals surface area (Å²) in [5, 5.41) is 2.92. The smallest absolute Gasteiger partial charge is 0.123 e. The van der Waals surface area contributed by atoms with Crippen LogP contribution in [0.1, 0.15) is 12.0 Å². The minimum absolute atomic E-state index is 0.293. The Morgan fingerprint density at radius 3 is 2.87 bits per heavy atom. The lowest BCUT2D eigenvalue weighted by Crippen LogP contribution is -2.08. The average Bonchev–Trinajstić information content (AvgIpc) is 2.22. The maximum absolute atomic E-state index is 12.9. The molecular formula is C11H15F2NO. The zero-order chi connectivity index (χ0) is 11.1. The van der Waals surface area contributed by atoms with E-state index in [4.69, 9.17) is 4.74 Å². The third kappa shape index (κ3) is 3.83. The lowest BCUT2D eigenvalue weighted by atomic mass is 10.2. The normalized spacial score (nSPS) is 10.3. The first-order chi connectivity index (χ1) is 7.27. The van der Waals surface area contributed by atoms with Crippen LogP contribution in [-0.2, 0) is 6.54 Å². The molecule has 0 radical (unpaired) electrons. The second-order valence-electron chi connectivity index (χ2n) is 3.17. The highest BCUT2D eigenvalue weighted by atomic mass is 19.1. The van der Waals surface area contributed by atoms with Crippen LogP contribution in [0, 0.1) is 5.82 Å². The van der Waals surface area contributed by atoms with Crippen molar-refractivity contribution in [2.45, 2.75) is 13.0 Å². The van der Waals surface area contributed by atoms with Gasteiger partial charge in [-0.25, -0.2) is 4.39 Å². The van der Waals surface area contributed by atoms with Crippen LogP contribution < -0.4 is 10.1 Å². The van der Waals surface area contributed by atoms with Crippen molar-refractivity contribution in [2.75, 3.05) is 20.3 Å². The van der Waals surface area contributed by atoms with Gasteiger partial charge in [-0.3, -0.25) is 4.39 Å². The van der Waals surface area contributed by atoms with Gasteiger partial charge in [0.25, 0.3) is 0 Å². The van der Waals surface area contributed by atoms with Crippen LogP contribution in [0.3, 0.4) is 0 Å². The Labute approximate surface area is 88.3 Å². The SMILES string of the molecule is CNCc1cc(F)ccc1OCCCF. The average molecular weight is 215 g/mol. The van der Waals surface area contributed by atoms with Crippen molar-refractivity contribution < 1.29 is 13.5 Å². The highest BCUT2D eigenvalue weighted by Gasteiger charge is 2.04. The Bertz CT molecular complexity index is 305. The number of halogens is 2. The van der Waals surface area contributed by atoms with Crippen molar-refractivity contribution in [3.8, 4) is 5.75 Å². The molecule has 0 fully saturated rings. The van der Waals surface area contributed by atoms with Gasteiger partial charge >= 0.3 is 0 Å². The Kier molecular flexibility index (Phi) is 5.04. The summed E-state index contributed by atoms with van der Waals surface area (Å²) in [6, 6.07) is 4.32. The molecule has 0 saturated heterocycles. The van der Waals surface area contributed by atoms with Gasteiger partial charge < -0.3 is 10.1 Å². The number of rotatable bonds is 6. The largest absolute Gasteiger partial charge is 0.493 e. The molecule has 0 spiro atoms. The van der Waals surface area contributed by atoms with Crippen LogP contribution in [0.4, 0.5) is 8.78 Å². The van der Waals surface area contributed by atoms with Gasteiger partial charge in [-0.15, -0.1) is 0 Å². The first kappa shape index (κ1) is 11.9. The summed E-state index contributed by atoms with van der Waals surface area (Å²) in [6.07, 6.45) is 0.358. The van der Waals surface area contributed by atoms with Crippen LogP contribution in [0.25, 0.3) is 0 Å². The summed E-state index contributed by atoms with van der Waals surface area (Å²) in [6.45, 7) is 0.449. The fourth-order valence-corrected chi connectivity index (χ4v) is 1.25. The Hall–Kier alpha value is -1.16. The van der Waals surface area contributed by atoms with Crippen molar-refractivity contribution in [3.05, 3.63) is 29.6 Å². The molecular weight excluding hydrogens is 200 g/mol. The molecule has 4 heteroatoms. The lowest BCUT2D eigenvalue weighted by Gasteiger charge is -2.10. The molecule has 1 aromatic carbocycles. The van der Waals surface area contributed by atoms with Gasteiger partial charge in [-0.2, -0.15) is 0 Å². The number of hydrogen-bond acceptors (Lipinski definition) is 2. The van der Waals surface area contributed by atoms with E-state index in [9.17, 15) is 8.78 Å². The molecule has 0 amide bonds. The molecule has 0 bridgehead atoms. The first-order valence-corrected chi connectivity index (χ1v) is 4.89. The third-order valence-electron chi connectivity index (χ3n) is 1.93. The summed E-state index contributed by atoms with van der Waals surface area (Å²) in [5.41, 5.74) is 0.747. The molecule has 0 saturated carbocycles. The second-order valence-corrected chi connectivity index (χ2v) is 3.17. The molecule has 2 nitrogen and oxygen atoms in total. The Balaban J connectivity index is 2.67. The van der Waals surface area contributed by atoms with E-state index in [-0.39, 0.29) is 5.82 Å². The molecule has 0 aliphatic heterocycles. The molecule has 1 aromatic rings. The summed E-state index contributed by atoms with van der Waals surface area (Å²) in [4.78, 5) is 0. The predicted molar refractivity (Wildman–Crippen MR) is 55.3 cm³/mol. The highest BCUT2D eigenvalue weighted by Crippen LogP contribution is 2.19. The number of nitrogens with one attached hydrogen (secondary N) is 1. The number of benzene rings is 1. The lowest BCUT2D eigenvalue weighted by molar-refractivity contribution is 0.286. The second kappa shape index (κ2) is 6.35. The quantitative estimate of drug-likeness (QED) is 0.735. The van der Waals surface area contributed by atoms with E-state index < -0.39 is 6.67 Å². The van der Waals surface area contributed by atoms with Crippen LogP contribution in [0.2, 0.25) is 0 Å². The monoisotopic (exact) mass is 215 g/mol. The van der Waals surface area contributed by atoms with Gasteiger partial charge in [-0.05, 0) is 25.2 Å². The predicted octanol–water partition coefficient (Wildman–Crippen LogP) is 2.28. The number of alkyl halides is 1. The van der Waals surface area contributed by atoms with E-state index in [1.807, 2.05) is 0 Å². The van der Waals surface area contributed by atoms with Crippen molar-refractivity contribution in [1.82, 2.24) is 5.32 Å². The van der Waals surface area contributed by atoms with Gasteiger partial charge in [0.1, 0.15) is 11.6 Å². The fourth-order valence-electron chi connectivity index (χ4n) is 1.25. The molecule has 0 aromatic heterocycles. The molecule has 0 atom stereocenters. The standard InChI is InChI=1S/C11H15F2NO/c1-14-8-9-7-10(13)3-4-11(9)15-6-2-5-12/h3-4,7,14H,2,5-6,8H2,1H3. The van der Waals surface area contributed by atoms with E-state index in [1.54, 1.807) is 13.1 Å². The van der Waals surface area contributed by atoms with Crippen molar-refractivity contribution >= 4 is 0 Å². The Morgan fingerprint density at radius 1 is 1.40 bits per heavy atom. The zero-order valence-electron chi connectivity index (χ0n) is 8.72. The topological polar surface area (TPSA) is 21.3 Å². The number of hydrogen-bond donors (Lipinski definition) is 1. The van der Waals surface area contributed by atoms with E-state index in [1.165, 1.54) is 12.1 Å². The highest BCUT2D eigenvalue weighted by molar-refractivity contribution is 5.33. The molecule has 0 unspecified atom stereocenters. The number of ether oxygens (including phenoxy) is 1. The molecule has 1 N–H and O–H groups in total. The summed E-state index contributed by atoms with van der Waals surface area (Å²) in [7, 11) is 1.77. The van der Waals surface area contributed by atoms with Crippen LogP contribution in [0.15, 0.2) is 18.2 Å². The van der Waals surface area contributed by atoms with Gasteiger partial charge in [0, 0.05) is 18.5 Å². The van der Waals surface area contributed by atoms with Gasteiger partial charge in [0.2, 0.25) is 0 Å². The molecule has 84 valence electrons. The zero-order valence-corrected chi connectivity index (χ0v) is 8.72. The van der Waals surface area contributed by atoms with Crippen molar-refractivity contribution in [1.29, 1.82) is 0 Å². The molecule has 1 rings (SSSR count). The van der Waals surface area contributed by atoms with E-state index in [0.29, 0.717) is 25.3 Å². The van der Waals surface area contributed by atoms with E-state index >= 15 is 0 Å². The van der Waals surface area contributed by atoms with Gasteiger partial charge in [0.15, 0.2) is 0 Å². The van der Waals surface area contributed by atoms with Gasteiger partial charge in [0.05, 0.1) is 13.3 Å². The third-order valence-corrected chi connectivity index (χ3v) is 1.93. The summed E-state index contributed by atoms with van der Waals surface area (Å²) in [5.74, 6) is 0.317.